The summed E-state index contributed by atoms with van der Waals surface area (Å²) in [5.41, 5.74) is 1.47. The molecule has 0 saturated carbocycles. The van der Waals surface area contributed by atoms with Gasteiger partial charge in [0.2, 0.25) is 0 Å². The zero-order chi connectivity index (χ0) is 16.2. The highest BCUT2D eigenvalue weighted by Gasteiger charge is 2.46. The lowest BCUT2D eigenvalue weighted by Gasteiger charge is -2.44. The summed E-state index contributed by atoms with van der Waals surface area (Å²) in [6, 6.07) is 7.66. The predicted molar refractivity (Wildman–Crippen MR) is 85.5 cm³/mol. The van der Waals surface area contributed by atoms with Gasteiger partial charge in [0, 0.05) is 5.39 Å². The van der Waals surface area contributed by atoms with Crippen LogP contribution in [0.4, 0.5) is 0 Å². The minimum atomic E-state index is -0.382. The molecule has 0 unspecified atom stereocenters. The molecule has 2 aliphatic heterocycles. The second-order valence-corrected chi connectivity index (χ2v) is 7.05. The fraction of sp³-hybridized carbons (Fsp3) is 0.500. The van der Waals surface area contributed by atoms with Crippen LogP contribution in [0.15, 0.2) is 28.7 Å². The van der Waals surface area contributed by atoms with Gasteiger partial charge in [-0.15, -0.1) is 0 Å². The number of nitrogens with zero attached hydrogens (tertiary/aromatic N) is 1. The first-order valence-electron chi connectivity index (χ1n) is 8.00. The molecule has 2 atom stereocenters. The van der Waals surface area contributed by atoms with E-state index in [1.165, 1.54) is 0 Å². The fourth-order valence-corrected chi connectivity index (χ4v) is 3.58. The third-order valence-electron chi connectivity index (χ3n) is 4.67. The smallest absolute Gasteiger partial charge is 0.290 e. The summed E-state index contributed by atoms with van der Waals surface area (Å²) in [6.07, 6.45) is -0.0613. The van der Waals surface area contributed by atoms with E-state index >= 15 is 0 Å². The predicted octanol–water partition coefficient (Wildman–Crippen LogP) is 2.76. The zero-order valence-corrected chi connectivity index (χ0v) is 13.7. The number of aryl methyl sites for hydroxylation is 1. The SMILES string of the molecule is Cc1cccc2oc(C(=O)N3CC(C)(C)O[C@@H]4COC[C@H]43)cc12. The van der Waals surface area contributed by atoms with Gasteiger partial charge >= 0.3 is 0 Å². The van der Waals surface area contributed by atoms with Crippen molar-refractivity contribution in [1.29, 1.82) is 0 Å². The number of ether oxygens (including phenoxy) is 2. The lowest BCUT2D eigenvalue weighted by Crippen LogP contribution is -2.60. The van der Waals surface area contributed by atoms with Gasteiger partial charge in [-0.1, -0.05) is 12.1 Å². The minimum absolute atomic E-state index is 0.0372. The monoisotopic (exact) mass is 315 g/mol. The molecule has 4 rings (SSSR count). The zero-order valence-electron chi connectivity index (χ0n) is 13.7. The summed E-state index contributed by atoms with van der Waals surface area (Å²) in [4.78, 5) is 14.9. The van der Waals surface area contributed by atoms with Gasteiger partial charge < -0.3 is 18.8 Å². The van der Waals surface area contributed by atoms with Crippen LogP contribution in [0.25, 0.3) is 11.0 Å². The molecular formula is C18H21NO4. The van der Waals surface area contributed by atoms with E-state index in [0.29, 0.717) is 25.5 Å². The Labute approximate surface area is 135 Å². The number of carbonyl (C=O) groups is 1. The van der Waals surface area contributed by atoms with Gasteiger partial charge in [0.15, 0.2) is 5.76 Å². The van der Waals surface area contributed by atoms with Crippen molar-refractivity contribution >= 4 is 16.9 Å². The van der Waals surface area contributed by atoms with Crippen LogP contribution in [0.2, 0.25) is 0 Å². The Morgan fingerprint density at radius 3 is 2.91 bits per heavy atom. The average Bonchev–Trinajstić information content (AvgIpc) is 3.11. The summed E-state index contributed by atoms with van der Waals surface area (Å²) < 4.78 is 17.4. The molecule has 3 heterocycles. The quantitative estimate of drug-likeness (QED) is 0.812. The Morgan fingerprint density at radius 1 is 1.30 bits per heavy atom. The maximum absolute atomic E-state index is 13.0. The number of benzene rings is 1. The third kappa shape index (κ3) is 2.44. The summed E-state index contributed by atoms with van der Waals surface area (Å²) in [7, 11) is 0. The maximum atomic E-state index is 13.0. The molecule has 0 aliphatic carbocycles. The number of rotatable bonds is 1. The van der Waals surface area contributed by atoms with Crippen molar-refractivity contribution in [3.8, 4) is 0 Å². The molecular weight excluding hydrogens is 294 g/mol. The Morgan fingerprint density at radius 2 is 2.13 bits per heavy atom. The molecule has 23 heavy (non-hydrogen) atoms. The number of furan rings is 1. The van der Waals surface area contributed by atoms with Crippen molar-refractivity contribution in [3.05, 3.63) is 35.6 Å². The molecule has 5 heteroatoms. The number of amides is 1. The molecule has 2 fully saturated rings. The van der Waals surface area contributed by atoms with Crippen LogP contribution in [0.1, 0.15) is 30.0 Å². The van der Waals surface area contributed by atoms with Crippen LogP contribution >= 0.6 is 0 Å². The van der Waals surface area contributed by atoms with Gasteiger partial charge in [0.25, 0.3) is 5.91 Å². The molecule has 0 spiro atoms. The molecule has 0 radical (unpaired) electrons. The van der Waals surface area contributed by atoms with E-state index in [4.69, 9.17) is 13.9 Å². The number of morpholine rings is 1. The summed E-state index contributed by atoms with van der Waals surface area (Å²) in [5, 5.41) is 0.989. The second kappa shape index (κ2) is 5.08. The van der Waals surface area contributed by atoms with E-state index in [-0.39, 0.29) is 23.7 Å². The van der Waals surface area contributed by atoms with Gasteiger partial charge in [-0.05, 0) is 38.5 Å². The fourth-order valence-electron chi connectivity index (χ4n) is 3.58. The highest BCUT2D eigenvalue weighted by molar-refractivity contribution is 5.97. The Kier molecular flexibility index (Phi) is 3.25. The highest BCUT2D eigenvalue weighted by Crippen LogP contribution is 2.32. The van der Waals surface area contributed by atoms with E-state index < -0.39 is 0 Å². The van der Waals surface area contributed by atoms with E-state index in [1.54, 1.807) is 0 Å². The van der Waals surface area contributed by atoms with Gasteiger partial charge in [0.1, 0.15) is 11.7 Å². The number of fused-ring (bicyclic) bond motifs is 2. The van der Waals surface area contributed by atoms with Crippen molar-refractivity contribution in [3.63, 3.8) is 0 Å². The Bertz CT molecular complexity index is 763. The molecule has 5 nitrogen and oxygen atoms in total. The summed E-state index contributed by atoms with van der Waals surface area (Å²) >= 11 is 0. The van der Waals surface area contributed by atoms with Crippen LogP contribution in [0.3, 0.4) is 0 Å². The van der Waals surface area contributed by atoms with Gasteiger partial charge in [-0.3, -0.25) is 4.79 Å². The van der Waals surface area contributed by atoms with Crippen molar-refractivity contribution < 1.29 is 18.7 Å². The molecule has 2 aromatic rings. The summed E-state index contributed by atoms with van der Waals surface area (Å²) in [6.45, 7) is 7.62. The van der Waals surface area contributed by atoms with Crippen LogP contribution in [0.5, 0.6) is 0 Å². The molecule has 1 aromatic carbocycles. The van der Waals surface area contributed by atoms with E-state index in [1.807, 2.05) is 49.9 Å². The van der Waals surface area contributed by atoms with E-state index in [2.05, 4.69) is 0 Å². The third-order valence-corrected chi connectivity index (χ3v) is 4.67. The molecule has 0 N–H and O–H groups in total. The second-order valence-electron chi connectivity index (χ2n) is 7.05. The molecule has 0 bridgehead atoms. The van der Waals surface area contributed by atoms with Crippen LogP contribution in [-0.2, 0) is 9.47 Å². The van der Waals surface area contributed by atoms with E-state index in [0.717, 1.165) is 16.5 Å². The molecule has 1 aromatic heterocycles. The first-order valence-corrected chi connectivity index (χ1v) is 8.00. The van der Waals surface area contributed by atoms with Crippen molar-refractivity contribution in [2.75, 3.05) is 19.8 Å². The van der Waals surface area contributed by atoms with Crippen LogP contribution in [0, 0.1) is 6.92 Å². The minimum Gasteiger partial charge on any atom is -0.451 e. The topological polar surface area (TPSA) is 51.9 Å². The molecule has 2 aliphatic rings. The highest BCUT2D eigenvalue weighted by atomic mass is 16.6. The first kappa shape index (κ1) is 14.7. The Hall–Kier alpha value is -1.85. The standard InChI is InChI=1S/C18H21NO4/c1-11-5-4-6-14-12(11)7-15(22-14)17(20)19-10-18(2,3)23-16-9-21-8-13(16)19/h4-7,13,16H,8-10H2,1-3H3/t13-,16-/m1/s1. The normalized spacial score (nSPS) is 26.5. The average molecular weight is 315 g/mol. The number of hydrogen-bond donors (Lipinski definition) is 0. The van der Waals surface area contributed by atoms with Crippen molar-refractivity contribution in [1.82, 2.24) is 4.90 Å². The lowest BCUT2D eigenvalue weighted by molar-refractivity contribution is -0.138. The first-order chi connectivity index (χ1) is 10.9. The lowest BCUT2D eigenvalue weighted by atomic mass is 10.0. The Balaban J connectivity index is 1.70. The van der Waals surface area contributed by atoms with E-state index in [9.17, 15) is 4.79 Å². The molecule has 1 amide bonds. The molecule has 122 valence electrons. The number of carbonyl (C=O) groups excluding carboxylic acids is 1. The van der Waals surface area contributed by atoms with Gasteiger partial charge in [0.05, 0.1) is 31.4 Å². The van der Waals surface area contributed by atoms with Crippen molar-refractivity contribution in [2.45, 2.75) is 38.5 Å². The maximum Gasteiger partial charge on any atom is 0.290 e. The largest absolute Gasteiger partial charge is 0.451 e. The molecule has 2 saturated heterocycles. The van der Waals surface area contributed by atoms with Crippen molar-refractivity contribution in [2.24, 2.45) is 0 Å². The number of hydrogen-bond acceptors (Lipinski definition) is 4. The van der Waals surface area contributed by atoms with Gasteiger partial charge in [-0.2, -0.15) is 0 Å². The van der Waals surface area contributed by atoms with Crippen LogP contribution in [-0.4, -0.2) is 48.3 Å². The van der Waals surface area contributed by atoms with Crippen LogP contribution < -0.4 is 0 Å². The summed E-state index contributed by atoms with van der Waals surface area (Å²) in [5.74, 6) is 0.301. The van der Waals surface area contributed by atoms with Gasteiger partial charge in [-0.25, -0.2) is 0 Å².